The van der Waals surface area contributed by atoms with Gasteiger partial charge >= 0.3 is 0 Å². The molecule has 6 heterocycles. The summed E-state index contributed by atoms with van der Waals surface area (Å²) in [5.74, 6) is 2.04. The molecular formula is C32H36N10O2. The van der Waals surface area contributed by atoms with Gasteiger partial charge in [0.1, 0.15) is 23.0 Å². The second kappa shape index (κ2) is 13.6. The van der Waals surface area contributed by atoms with Crippen LogP contribution in [-0.2, 0) is 11.3 Å². The molecule has 0 atom stereocenters. The quantitative estimate of drug-likeness (QED) is 0.288. The van der Waals surface area contributed by atoms with E-state index in [2.05, 4.69) is 37.0 Å². The molecule has 12 nitrogen and oxygen atoms in total. The number of nitriles is 1. The minimum Gasteiger partial charge on any atom is -0.481 e. The van der Waals surface area contributed by atoms with Crippen LogP contribution in [0, 0.1) is 17.2 Å². The van der Waals surface area contributed by atoms with Crippen LogP contribution in [-0.4, -0.2) is 88.7 Å². The van der Waals surface area contributed by atoms with Crippen molar-refractivity contribution < 1.29 is 9.47 Å². The van der Waals surface area contributed by atoms with Crippen LogP contribution < -0.4 is 15.4 Å². The molecule has 0 aliphatic carbocycles. The summed E-state index contributed by atoms with van der Waals surface area (Å²) in [6.45, 7) is 6.72. The summed E-state index contributed by atoms with van der Waals surface area (Å²) in [5, 5.41) is 14.2. The number of hydrogen-bond acceptors (Lipinski definition) is 11. The van der Waals surface area contributed by atoms with Crippen molar-refractivity contribution in [1.29, 1.82) is 5.26 Å². The molecule has 2 N–H and O–H groups in total. The number of fused-ring (bicyclic) bond motifs is 1. The van der Waals surface area contributed by atoms with Gasteiger partial charge in [-0.25, -0.2) is 19.5 Å². The molecule has 2 saturated heterocycles. The number of ether oxygens (including phenoxy) is 2. The summed E-state index contributed by atoms with van der Waals surface area (Å²) in [6, 6.07) is 10.2. The molecule has 0 radical (unpaired) electrons. The minimum absolute atomic E-state index is 0.442. The van der Waals surface area contributed by atoms with Gasteiger partial charge in [-0.1, -0.05) is 6.07 Å². The largest absolute Gasteiger partial charge is 0.481 e. The maximum Gasteiger partial charge on any atom is 0.212 e. The van der Waals surface area contributed by atoms with Crippen LogP contribution in [0.2, 0.25) is 0 Å². The van der Waals surface area contributed by atoms with Gasteiger partial charge in [0.05, 0.1) is 30.9 Å². The van der Waals surface area contributed by atoms with E-state index in [1.807, 2.05) is 30.6 Å². The van der Waals surface area contributed by atoms with Gasteiger partial charge in [-0.3, -0.25) is 9.89 Å². The number of methoxy groups -OCH3 is 1. The summed E-state index contributed by atoms with van der Waals surface area (Å²) in [4.78, 5) is 23.4. The standard InChI is InChI=1S/C32H36N10O2/c1-43-30-5-2-24(17-37-30)21-40-8-10-41(11-9-40)29-4-3-25(19-36-29)31-32-27(15-34)20-38-42(32)22-28(39-31)26(14-33)18-35-16-23-6-12-44-13-7-23/h2-5,14,17-20,22-23H,6-13,16,21,33H2,1H3. The highest BCUT2D eigenvalue weighted by Gasteiger charge is 2.20. The van der Waals surface area contributed by atoms with Crippen molar-refractivity contribution in [3.05, 3.63) is 72.1 Å². The van der Waals surface area contributed by atoms with E-state index in [1.165, 1.54) is 6.20 Å². The van der Waals surface area contributed by atoms with Gasteiger partial charge in [0.15, 0.2) is 0 Å². The highest BCUT2D eigenvalue weighted by molar-refractivity contribution is 6.09. The van der Waals surface area contributed by atoms with Crippen LogP contribution in [0.1, 0.15) is 29.7 Å². The van der Waals surface area contributed by atoms with Crippen molar-refractivity contribution in [3.8, 4) is 23.2 Å². The Hall–Kier alpha value is -4.86. The number of hydrogen-bond donors (Lipinski definition) is 1. The molecule has 0 unspecified atom stereocenters. The molecule has 12 heteroatoms. The van der Waals surface area contributed by atoms with Crippen molar-refractivity contribution in [2.24, 2.45) is 16.6 Å². The fourth-order valence-corrected chi connectivity index (χ4v) is 5.59. The van der Waals surface area contributed by atoms with E-state index in [4.69, 9.17) is 25.2 Å². The summed E-state index contributed by atoms with van der Waals surface area (Å²) < 4.78 is 12.3. The first-order valence-corrected chi connectivity index (χ1v) is 14.9. The molecule has 0 aromatic carbocycles. The smallest absolute Gasteiger partial charge is 0.212 e. The van der Waals surface area contributed by atoms with E-state index >= 15 is 0 Å². The normalized spacial score (nSPS) is 16.9. The number of anilines is 1. The monoisotopic (exact) mass is 592 g/mol. The fraction of sp³-hybridized carbons (Fsp3) is 0.375. The highest BCUT2D eigenvalue weighted by Crippen LogP contribution is 2.28. The first-order chi connectivity index (χ1) is 21.6. The lowest BCUT2D eigenvalue weighted by atomic mass is 10.0. The number of nitrogens with zero attached hydrogens (tertiary/aromatic N) is 9. The SMILES string of the molecule is COc1ccc(CN2CCN(c3ccc(-c4nc(C(C=NCC5CCOCC5)=CN)cn5ncc(C#N)c45)cn3)CC2)cn1. The zero-order chi connectivity index (χ0) is 30.3. The Morgan fingerprint density at radius 2 is 1.95 bits per heavy atom. The predicted octanol–water partition coefficient (Wildman–Crippen LogP) is 3.19. The average Bonchev–Trinajstić information content (AvgIpc) is 3.51. The Bertz CT molecular complexity index is 1660. The number of rotatable bonds is 9. The molecule has 226 valence electrons. The van der Waals surface area contributed by atoms with E-state index in [-0.39, 0.29) is 0 Å². The average molecular weight is 593 g/mol. The third kappa shape index (κ3) is 6.54. The van der Waals surface area contributed by atoms with Crippen molar-refractivity contribution >= 4 is 23.1 Å². The molecule has 2 aliphatic rings. The topological polar surface area (TPSA) is 143 Å². The summed E-state index contributed by atoms with van der Waals surface area (Å²) in [5.41, 5.74) is 11.0. The van der Waals surface area contributed by atoms with Gasteiger partial charge in [-0.2, -0.15) is 10.4 Å². The second-order valence-electron chi connectivity index (χ2n) is 11.0. The van der Waals surface area contributed by atoms with E-state index in [0.717, 1.165) is 75.7 Å². The van der Waals surface area contributed by atoms with Crippen LogP contribution in [0.5, 0.6) is 5.88 Å². The van der Waals surface area contributed by atoms with Gasteiger partial charge in [-0.15, -0.1) is 0 Å². The van der Waals surface area contributed by atoms with Crippen LogP contribution >= 0.6 is 0 Å². The van der Waals surface area contributed by atoms with Gasteiger partial charge in [-0.05, 0) is 36.5 Å². The van der Waals surface area contributed by atoms with Crippen LogP contribution in [0.25, 0.3) is 22.3 Å². The molecule has 0 amide bonds. The van der Waals surface area contributed by atoms with Gasteiger partial charge < -0.3 is 20.1 Å². The molecule has 4 aromatic heterocycles. The molecule has 0 spiro atoms. The highest BCUT2D eigenvalue weighted by atomic mass is 16.5. The van der Waals surface area contributed by atoms with Gasteiger partial charge in [0.25, 0.3) is 0 Å². The zero-order valence-electron chi connectivity index (χ0n) is 24.8. The van der Waals surface area contributed by atoms with E-state index in [9.17, 15) is 5.26 Å². The third-order valence-corrected chi connectivity index (χ3v) is 8.16. The third-order valence-electron chi connectivity index (χ3n) is 8.16. The lowest BCUT2D eigenvalue weighted by molar-refractivity contribution is 0.0690. The first kappa shape index (κ1) is 29.2. The van der Waals surface area contributed by atoms with Crippen LogP contribution in [0.15, 0.2) is 60.2 Å². The Kier molecular flexibility index (Phi) is 9.05. The lowest BCUT2D eigenvalue weighted by Crippen LogP contribution is -2.46. The molecule has 2 aliphatic heterocycles. The van der Waals surface area contributed by atoms with Gasteiger partial charge in [0.2, 0.25) is 5.88 Å². The summed E-state index contributed by atoms with van der Waals surface area (Å²) >= 11 is 0. The second-order valence-corrected chi connectivity index (χ2v) is 11.0. The van der Waals surface area contributed by atoms with E-state index in [0.29, 0.717) is 46.4 Å². The molecular weight excluding hydrogens is 556 g/mol. The van der Waals surface area contributed by atoms with Crippen molar-refractivity contribution in [2.75, 3.05) is 57.9 Å². The minimum atomic E-state index is 0.442. The Morgan fingerprint density at radius 3 is 2.64 bits per heavy atom. The maximum absolute atomic E-state index is 9.78. The zero-order valence-corrected chi connectivity index (χ0v) is 24.8. The first-order valence-electron chi connectivity index (χ1n) is 14.9. The lowest BCUT2D eigenvalue weighted by Gasteiger charge is -2.35. The van der Waals surface area contributed by atoms with Crippen molar-refractivity contribution in [3.63, 3.8) is 0 Å². The Balaban J connectivity index is 1.18. The number of allylic oxidation sites excluding steroid dienone is 1. The number of pyridine rings is 2. The van der Waals surface area contributed by atoms with Crippen LogP contribution in [0.4, 0.5) is 5.82 Å². The van der Waals surface area contributed by atoms with E-state index in [1.54, 1.807) is 30.2 Å². The molecule has 2 fully saturated rings. The number of nitrogens with two attached hydrogens (primary N) is 1. The Morgan fingerprint density at radius 1 is 1.11 bits per heavy atom. The fourth-order valence-electron chi connectivity index (χ4n) is 5.59. The summed E-state index contributed by atoms with van der Waals surface area (Å²) in [7, 11) is 1.62. The van der Waals surface area contributed by atoms with Crippen LogP contribution in [0.3, 0.4) is 0 Å². The van der Waals surface area contributed by atoms with Crippen molar-refractivity contribution in [2.45, 2.75) is 19.4 Å². The summed E-state index contributed by atoms with van der Waals surface area (Å²) in [6.07, 6.45) is 12.3. The van der Waals surface area contributed by atoms with Gasteiger partial charge in [0, 0.05) is 94.5 Å². The molecule has 0 bridgehead atoms. The van der Waals surface area contributed by atoms with E-state index < -0.39 is 0 Å². The number of piperazine rings is 1. The molecule has 0 saturated carbocycles. The molecule has 44 heavy (non-hydrogen) atoms. The number of aromatic nitrogens is 5. The molecule has 4 aromatic rings. The molecule has 6 rings (SSSR count). The van der Waals surface area contributed by atoms with Crippen molar-refractivity contribution in [1.82, 2.24) is 29.5 Å². The Labute approximate surface area is 256 Å². The number of aliphatic imine (C=N–C) groups is 1. The maximum atomic E-state index is 9.78. The predicted molar refractivity (Wildman–Crippen MR) is 168 cm³/mol.